The summed E-state index contributed by atoms with van der Waals surface area (Å²) in [7, 11) is 0. The Bertz CT molecular complexity index is 213. The second-order valence-electron chi connectivity index (χ2n) is 3.87. The molecular formula is C10H17NO2. The maximum Gasteiger partial charge on any atom is 0.217 e. The van der Waals surface area contributed by atoms with E-state index in [4.69, 9.17) is 0 Å². The lowest BCUT2D eigenvalue weighted by Crippen LogP contribution is -2.38. The van der Waals surface area contributed by atoms with E-state index in [0.717, 1.165) is 25.7 Å². The number of rotatable bonds is 2. The van der Waals surface area contributed by atoms with E-state index in [1.165, 1.54) is 6.92 Å². The summed E-state index contributed by atoms with van der Waals surface area (Å²) in [6.45, 7) is 3.16. The van der Waals surface area contributed by atoms with Crippen molar-refractivity contribution in [3.63, 3.8) is 0 Å². The van der Waals surface area contributed by atoms with Crippen LogP contribution in [0.25, 0.3) is 0 Å². The Morgan fingerprint density at radius 2 is 1.92 bits per heavy atom. The number of nitrogens with one attached hydrogen (secondary N) is 1. The van der Waals surface area contributed by atoms with E-state index in [2.05, 4.69) is 5.32 Å². The van der Waals surface area contributed by atoms with Gasteiger partial charge in [0, 0.05) is 18.9 Å². The van der Waals surface area contributed by atoms with Crippen molar-refractivity contribution in [3.05, 3.63) is 0 Å². The summed E-state index contributed by atoms with van der Waals surface area (Å²) in [6.07, 6.45) is 3.89. The smallest absolute Gasteiger partial charge is 0.217 e. The van der Waals surface area contributed by atoms with Crippen molar-refractivity contribution in [2.75, 3.05) is 0 Å². The molecule has 0 spiro atoms. The number of carbonyl (C=O) groups is 2. The standard InChI is InChI=1S/C10H17NO2/c1-7(12)9-4-3-5-10(6-9)11-8(2)13/h9-10H,3-6H2,1-2H3,(H,11,13). The van der Waals surface area contributed by atoms with E-state index in [1.54, 1.807) is 6.92 Å². The van der Waals surface area contributed by atoms with Gasteiger partial charge in [-0.25, -0.2) is 0 Å². The Labute approximate surface area is 78.9 Å². The monoisotopic (exact) mass is 183 g/mol. The van der Waals surface area contributed by atoms with Gasteiger partial charge < -0.3 is 5.32 Å². The van der Waals surface area contributed by atoms with Crippen LogP contribution < -0.4 is 5.32 Å². The molecule has 1 aliphatic carbocycles. The van der Waals surface area contributed by atoms with Crippen molar-refractivity contribution in [2.24, 2.45) is 5.92 Å². The molecule has 1 fully saturated rings. The van der Waals surface area contributed by atoms with Gasteiger partial charge in [-0.3, -0.25) is 9.59 Å². The van der Waals surface area contributed by atoms with Crippen LogP contribution in [0.5, 0.6) is 0 Å². The average molecular weight is 183 g/mol. The minimum absolute atomic E-state index is 0.00852. The van der Waals surface area contributed by atoms with Gasteiger partial charge in [-0.1, -0.05) is 6.42 Å². The lowest BCUT2D eigenvalue weighted by molar-refractivity contribution is -0.124. The normalized spacial score (nSPS) is 28.2. The molecule has 3 heteroatoms. The molecule has 0 aromatic carbocycles. The molecule has 1 rings (SSSR count). The molecule has 74 valence electrons. The molecule has 13 heavy (non-hydrogen) atoms. The zero-order chi connectivity index (χ0) is 9.84. The molecule has 0 aliphatic heterocycles. The Morgan fingerprint density at radius 1 is 1.23 bits per heavy atom. The summed E-state index contributed by atoms with van der Waals surface area (Å²) >= 11 is 0. The first kappa shape index (κ1) is 10.2. The first-order valence-electron chi connectivity index (χ1n) is 4.87. The molecule has 1 aliphatic rings. The minimum Gasteiger partial charge on any atom is -0.354 e. The van der Waals surface area contributed by atoms with Crippen molar-refractivity contribution in [1.29, 1.82) is 0 Å². The first-order chi connectivity index (χ1) is 6.09. The SMILES string of the molecule is CC(=O)NC1CCCC(C(C)=O)C1. The number of hydrogen-bond acceptors (Lipinski definition) is 2. The van der Waals surface area contributed by atoms with Crippen LogP contribution in [0.1, 0.15) is 39.5 Å². The van der Waals surface area contributed by atoms with E-state index in [1.807, 2.05) is 0 Å². The van der Waals surface area contributed by atoms with Crippen LogP contribution >= 0.6 is 0 Å². The van der Waals surface area contributed by atoms with Crippen molar-refractivity contribution in [1.82, 2.24) is 5.32 Å². The minimum atomic E-state index is 0.00852. The fourth-order valence-electron chi connectivity index (χ4n) is 1.98. The van der Waals surface area contributed by atoms with E-state index >= 15 is 0 Å². The zero-order valence-corrected chi connectivity index (χ0v) is 8.30. The van der Waals surface area contributed by atoms with Crippen molar-refractivity contribution in [3.8, 4) is 0 Å². The summed E-state index contributed by atoms with van der Waals surface area (Å²) in [4.78, 5) is 21.9. The largest absolute Gasteiger partial charge is 0.354 e. The summed E-state index contributed by atoms with van der Waals surface area (Å²) in [5.41, 5.74) is 0. The van der Waals surface area contributed by atoms with E-state index in [0.29, 0.717) is 0 Å². The van der Waals surface area contributed by atoms with Crippen molar-refractivity contribution >= 4 is 11.7 Å². The topological polar surface area (TPSA) is 46.2 Å². The maximum absolute atomic E-state index is 11.1. The molecular weight excluding hydrogens is 166 g/mol. The van der Waals surface area contributed by atoms with Gasteiger partial charge in [0.25, 0.3) is 0 Å². The Hall–Kier alpha value is -0.860. The predicted octanol–water partition coefficient (Wildman–Crippen LogP) is 1.27. The first-order valence-corrected chi connectivity index (χ1v) is 4.87. The van der Waals surface area contributed by atoms with Gasteiger partial charge in [0.2, 0.25) is 5.91 Å². The molecule has 0 aromatic heterocycles. The molecule has 2 unspecified atom stereocenters. The van der Waals surface area contributed by atoms with Gasteiger partial charge in [0.1, 0.15) is 5.78 Å². The van der Waals surface area contributed by atoms with Crippen LogP contribution in [0.2, 0.25) is 0 Å². The van der Waals surface area contributed by atoms with E-state index < -0.39 is 0 Å². The van der Waals surface area contributed by atoms with E-state index in [-0.39, 0.29) is 23.7 Å². The third kappa shape index (κ3) is 3.17. The molecule has 1 N–H and O–H groups in total. The second-order valence-corrected chi connectivity index (χ2v) is 3.87. The molecule has 0 saturated heterocycles. The molecule has 0 heterocycles. The van der Waals surface area contributed by atoms with Gasteiger partial charge in [-0.15, -0.1) is 0 Å². The lowest BCUT2D eigenvalue weighted by atomic mass is 9.83. The van der Waals surface area contributed by atoms with E-state index in [9.17, 15) is 9.59 Å². The Kier molecular flexibility index (Phi) is 3.46. The highest BCUT2D eigenvalue weighted by molar-refractivity contribution is 5.78. The number of amides is 1. The summed E-state index contributed by atoms with van der Waals surface area (Å²) in [5.74, 6) is 0.440. The fraction of sp³-hybridized carbons (Fsp3) is 0.800. The highest BCUT2D eigenvalue weighted by Crippen LogP contribution is 2.24. The van der Waals surface area contributed by atoms with Crippen molar-refractivity contribution < 1.29 is 9.59 Å². The maximum atomic E-state index is 11.1. The molecule has 0 bridgehead atoms. The van der Waals surface area contributed by atoms with Crippen LogP contribution in [0.15, 0.2) is 0 Å². The van der Waals surface area contributed by atoms with Gasteiger partial charge in [-0.2, -0.15) is 0 Å². The number of Topliss-reactive ketones (excluding diaryl/α,β-unsaturated/α-hetero) is 1. The lowest BCUT2D eigenvalue weighted by Gasteiger charge is -2.27. The zero-order valence-electron chi connectivity index (χ0n) is 8.30. The third-order valence-electron chi connectivity index (χ3n) is 2.66. The second kappa shape index (κ2) is 4.40. The number of ketones is 1. The highest BCUT2D eigenvalue weighted by atomic mass is 16.1. The number of carbonyl (C=O) groups excluding carboxylic acids is 2. The Morgan fingerprint density at radius 3 is 2.46 bits per heavy atom. The Balaban J connectivity index is 2.41. The molecule has 1 amide bonds. The van der Waals surface area contributed by atoms with Crippen molar-refractivity contribution in [2.45, 2.75) is 45.6 Å². The van der Waals surface area contributed by atoms with Gasteiger partial charge in [-0.05, 0) is 26.2 Å². The molecule has 3 nitrogen and oxygen atoms in total. The van der Waals surface area contributed by atoms with Gasteiger partial charge >= 0.3 is 0 Å². The number of hydrogen-bond donors (Lipinski definition) is 1. The molecule has 0 aromatic rings. The average Bonchev–Trinajstić information content (AvgIpc) is 2.03. The van der Waals surface area contributed by atoms with Gasteiger partial charge in [0.05, 0.1) is 0 Å². The quantitative estimate of drug-likeness (QED) is 0.700. The predicted molar refractivity (Wildman–Crippen MR) is 50.2 cm³/mol. The summed E-state index contributed by atoms with van der Waals surface area (Å²) in [5, 5.41) is 2.88. The van der Waals surface area contributed by atoms with Gasteiger partial charge in [0.15, 0.2) is 0 Å². The summed E-state index contributed by atoms with van der Waals surface area (Å²) < 4.78 is 0. The molecule has 0 radical (unpaired) electrons. The molecule has 2 atom stereocenters. The third-order valence-corrected chi connectivity index (χ3v) is 2.66. The summed E-state index contributed by atoms with van der Waals surface area (Å²) in [6, 6.07) is 0.222. The van der Waals surface area contributed by atoms with Crippen LogP contribution in [-0.2, 0) is 9.59 Å². The fourth-order valence-corrected chi connectivity index (χ4v) is 1.98. The van der Waals surface area contributed by atoms with Crippen LogP contribution in [0.4, 0.5) is 0 Å². The molecule has 1 saturated carbocycles. The highest BCUT2D eigenvalue weighted by Gasteiger charge is 2.24. The van der Waals surface area contributed by atoms with Crippen LogP contribution in [-0.4, -0.2) is 17.7 Å². The van der Waals surface area contributed by atoms with Crippen LogP contribution in [0.3, 0.4) is 0 Å². The van der Waals surface area contributed by atoms with Crippen LogP contribution in [0, 0.1) is 5.92 Å².